The van der Waals surface area contributed by atoms with Crippen molar-refractivity contribution in [2.75, 3.05) is 6.61 Å². The number of carboxylic acid groups (broad SMARTS) is 1. The first-order valence-corrected chi connectivity index (χ1v) is 12.9. The van der Waals surface area contributed by atoms with Crippen molar-refractivity contribution in [1.82, 2.24) is 0 Å². The highest BCUT2D eigenvalue weighted by atomic mass is 35.5. The quantitative estimate of drug-likeness (QED) is 0.137. The van der Waals surface area contributed by atoms with E-state index in [1.54, 1.807) is 12.1 Å². The molecule has 0 fully saturated rings. The van der Waals surface area contributed by atoms with Crippen LogP contribution < -0.4 is 9.47 Å². The monoisotopic (exact) mass is 488 g/mol. The summed E-state index contributed by atoms with van der Waals surface area (Å²) in [6.45, 7) is 2.85. The van der Waals surface area contributed by atoms with Gasteiger partial charge in [-0.05, 0) is 48.9 Å². The maximum Gasteiger partial charge on any atom is 0.343 e. The number of unbranched alkanes of at least 4 members (excludes halogenated alkanes) is 11. The SMILES string of the molecule is CCCCCCCCCCCCCCOc1ccc(C(=O)Oc2ccc(C(=O)O)cc2)cc1Cl. The number of halogens is 1. The van der Waals surface area contributed by atoms with Gasteiger partial charge in [0.25, 0.3) is 0 Å². The summed E-state index contributed by atoms with van der Waals surface area (Å²) >= 11 is 6.28. The van der Waals surface area contributed by atoms with Crippen LogP contribution in [-0.2, 0) is 0 Å². The number of hydrogen-bond donors (Lipinski definition) is 1. The molecule has 0 saturated carbocycles. The number of esters is 1. The molecule has 0 bridgehead atoms. The molecule has 0 aliphatic carbocycles. The van der Waals surface area contributed by atoms with Crippen LogP contribution in [0, 0.1) is 0 Å². The van der Waals surface area contributed by atoms with E-state index in [1.165, 1.54) is 94.5 Å². The topological polar surface area (TPSA) is 72.8 Å². The van der Waals surface area contributed by atoms with Crippen molar-refractivity contribution in [2.45, 2.75) is 84.0 Å². The van der Waals surface area contributed by atoms with Gasteiger partial charge in [-0.3, -0.25) is 0 Å². The van der Waals surface area contributed by atoms with Gasteiger partial charge in [0.15, 0.2) is 0 Å². The molecule has 2 aromatic carbocycles. The second kappa shape index (κ2) is 16.2. The summed E-state index contributed by atoms with van der Waals surface area (Å²) in [6.07, 6.45) is 15.5. The number of hydrogen-bond acceptors (Lipinski definition) is 4. The molecule has 2 rings (SSSR count). The van der Waals surface area contributed by atoms with Crippen molar-refractivity contribution in [2.24, 2.45) is 0 Å². The van der Waals surface area contributed by atoms with Crippen LogP contribution in [0.15, 0.2) is 42.5 Å². The molecule has 34 heavy (non-hydrogen) atoms. The van der Waals surface area contributed by atoms with Gasteiger partial charge in [0.05, 0.1) is 22.8 Å². The number of carbonyl (C=O) groups is 2. The van der Waals surface area contributed by atoms with Gasteiger partial charge in [0, 0.05) is 0 Å². The van der Waals surface area contributed by atoms with Gasteiger partial charge in [-0.2, -0.15) is 0 Å². The van der Waals surface area contributed by atoms with Crippen LogP contribution in [0.2, 0.25) is 5.02 Å². The van der Waals surface area contributed by atoms with Crippen LogP contribution in [0.3, 0.4) is 0 Å². The molecule has 0 aliphatic rings. The van der Waals surface area contributed by atoms with E-state index in [0.717, 1.165) is 12.8 Å². The average Bonchev–Trinajstić information content (AvgIpc) is 2.83. The summed E-state index contributed by atoms with van der Waals surface area (Å²) < 4.78 is 11.1. The van der Waals surface area contributed by atoms with Gasteiger partial charge in [-0.25, -0.2) is 9.59 Å². The zero-order valence-corrected chi connectivity index (χ0v) is 20.9. The Kier molecular flexibility index (Phi) is 13.2. The molecule has 0 unspecified atom stereocenters. The maximum atomic E-state index is 12.3. The highest BCUT2D eigenvalue weighted by Crippen LogP contribution is 2.26. The molecule has 0 saturated heterocycles. The smallest absolute Gasteiger partial charge is 0.343 e. The predicted octanol–water partition coefficient (Wildman–Crippen LogP) is 8.34. The normalized spacial score (nSPS) is 10.8. The van der Waals surface area contributed by atoms with Crippen molar-refractivity contribution in [1.29, 1.82) is 0 Å². The standard InChI is InChI=1S/C28H37ClO5/c1-2-3-4-5-6-7-8-9-10-11-12-13-20-33-26-19-16-23(21-25(26)29)28(32)34-24-17-14-22(15-18-24)27(30)31/h14-19,21H,2-13,20H2,1H3,(H,30,31). The summed E-state index contributed by atoms with van der Waals surface area (Å²) in [4.78, 5) is 23.2. The molecular formula is C28H37ClO5. The third-order valence-electron chi connectivity index (χ3n) is 5.73. The Morgan fingerprint density at radius 3 is 1.82 bits per heavy atom. The largest absolute Gasteiger partial charge is 0.492 e. The Morgan fingerprint density at radius 1 is 0.765 bits per heavy atom. The Morgan fingerprint density at radius 2 is 1.29 bits per heavy atom. The fourth-order valence-electron chi connectivity index (χ4n) is 3.70. The molecule has 1 N–H and O–H groups in total. The number of aromatic carboxylic acids is 1. The number of benzene rings is 2. The lowest BCUT2D eigenvalue weighted by Gasteiger charge is -2.10. The van der Waals surface area contributed by atoms with Crippen molar-refractivity contribution >= 4 is 23.5 Å². The molecule has 186 valence electrons. The van der Waals surface area contributed by atoms with Crippen molar-refractivity contribution in [3.8, 4) is 11.5 Å². The fourth-order valence-corrected chi connectivity index (χ4v) is 3.94. The molecule has 0 aromatic heterocycles. The van der Waals surface area contributed by atoms with Crippen LogP contribution in [0.25, 0.3) is 0 Å². The molecule has 0 heterocycles. The first-order valence-electron chi connectivity index (χ1n) is 12.5. The Labute approximate surface area is 208 Å². The molecule has 5 nitrogen and oxygen atoms in total. The Balaban J connectivity index is 1.61. The third-order valence-corrected chi connectivity index (χ3v) is 6.03. The number of carbonyl (C=O) groups excluding carboxylic acids is 1. The van der Waals surface area contributed by atoms with Gasteiger partial charge < -0.3 is 14.6 Å². The van der Waals surface area contributed by atoms with E-state index in [2.05, 4.69) is 6.92 Å². The molecule has 2 aromatic rings. The summed E-state index contributed by atoms with van der Waals surface area (Å²) in [5, 5.41) is 9.29. The van der Waals surface area contributed by atoms with Crippen LogP contribution in [0.4, 0.5) is 0 Å². The van der Waals surface area contributed by atoms with E-state index < -0.39 is 11.9 Å². The van der Waals surface area contributed by atoms with Gasteiger partial charge in [-0.1, -0.05) is 89.2 Å². The van der Waals surface area contributed by atoms with Crippen molar-refractivity contribution in [3.63, 3.8) is 0 Å². The van der Waals surface area contributed by atoms with E-state index in [0.29, 0.717) is 22.9 Å². The van der Waals surface area contributed by atoms with Crippen LogP contribution in [0.1, 0.15) is 105 Å². The molecule has 0 amide bonds. The fraction of sp³-hybridized carbons (Fsp3) is 0.500. The van der Waals surface area contributed by atoms with Gasteiger partial charge in [0.1, 0.15) is 11.5 Å². The number of rotatable bonds is 17. The minimum atomic E-state index is -1.04. The third kappa shape index (κ3) is 10.6. The average molecular weight is 489 g/mol. The molecule has 0 radical (unpaired) electrons. The molecule has 6 heteroatoms. The van der Waals surface area contributed by atoms with E-state index in [9.17, 15) is 9.59 Å². The van der Waals surface area contributed by atoms with E-state index in [-0.39, 0.29) is 11.3 Å². The predicted molar refractivity (Wildman–Crippen MR) is 136 cm³/mol. The van der Waals surface area contributed by atoms with Crippen LogP contribution >= 0.6 is 11.6 Å². The molecule has 0 aliphatic heterocycles. The summed E-state index contributed by atoms with van der Waals surface area (Å²) in [5.74, 6) is -0.799. The first kappa shape index (κ1) is 27.7. The van der Waals surface area contributed by atoms with Gasteiger partial charge in [0.2, 0.25) is 0 Å². The lowest BCUT2D eigenvalue weighted by Crippen LogP contribution is -2.09. The van der Waals surface area contributed by atoms with Crippen LogP contribution in [0.5, 0.6) is 11.5 Å². The summed E-state index contributed by atoms with van der Waals surface area (Å²) in [5.41, 5.74) is 0.419. The summed E-state index contributed by atoms with van der Waals surface area (Å²) in [6, 6.07) is 10.4. The lowest BCUT2D eigenvalue weighted by atomic mass is 10.1. The molecule has 0 atom stereocenters. The Hall–Kier alpha value is -2.53. The zero-order chi connectivity index (χ0) is 24.6. The van der Waals surface area contributed by atoms with E-state index >= 15 is 0 Å². The number of carboxylic acids is 1. The van der Waals surface area contributed by atoms with Gasteiger partial charge >= 0.3 is 11.9 Å². The maximum absolute atomic E-state index is 12.3. The second-order valence-corrected chi connectivity index (χ2v) is 9.01. The zero-order valence-electron chi connectivity index (χ0n) is 20.2. The van der Waals surface area contributed by atoms with E-state index in [1.807, 2.05) is 0 Å². The van der Waals surface area contributed by atoms with Crippen LogP contribution in [-0.4, -0.2) is 23.7 Å². The van der Waals surface area contributed by atoms with Crippen molar-refractivity contribution < 1.29 is 24.2 Å². The lowest BCUT2D eigenvalue weighted by molar-refractivity contribution is 0.0696. The second-order valence-electron chi connectivity index (χ2n) is 8.60. The highest BCUT2D eigenvalue weighted by Gasteiger charge is 2.12. The van der Waals surface area contributed by atoms with Gasteiger partial charge in [-0.15, -0.1) is 0 Å². The first-order chi connectivity index (χ1) is 16.5. The summed E-state index contributed by atoms with van der Waals surface area (Å²) in [7, 11) is 0. The van der Waals surface area contributed by atoms with Crippen molar-refractivity contribution in [3.05, 3.63) is 58.6 Å². The Bertz CT molecular complexity index is 879. The minimum Gasteiger partial charge on any atom is -0.492 e. The molecule has 0 spiro atoms. The minimum absolute atomic E-state index is 0.123. The number of ether oxygens (including phenoxy) is 2. The highest BCUT2D eigenvalue weighted by molar-refractivity contribution is 6.32. The molecular weight excluding hydrogens is 452 g/mol. The van der Waals surface area contributed by atoms with E-state index in [4.69, 9.17) is 26.2 Å².